The Labute approximate surface area is 138 Å². The molecule has 1 spiro atoms. The van der Waals surface area contributed by atoms with Crippen LogP contribution in [0.2, 0.25) is 0 Å². The minimum absolute atomic E-state index is 0.0517. The molecule has 1 aromatic rings. The summed E-state index contributed by atoms with van der Waals surface area (Å²) >= 11 is 0. The maximum atomic E-state index is 13.1. The van der Waals surface area contributed by atoms with Crippen LogP contribution in [0.4, 0.5) is 0 Å². The first-order chi connectivity index (χ1) is 11.1. The first-order valence-corrected chi connectivity index (χ1v) is 8.75. The van der Waals surface area contributed by atoms with Gasteiger partial charge < -0.3 is 10.2 Å². The molecule has 0 aromatic heterocycles. The van der Waals surface area contributed by atoms with Crippen LogP contribution in [0.1, 0.15) is 51.5 Å². The smallest absolute Gasteiger partial charge is 0.246 e. The summed E-state index contributed by atoms with van der Waals surface area (Å²) < 4.78 is 0. The maximum absolute atomic E-state index is 13.1. The molecular weight excluding hydrogens is 288 g/mol. The molecule has 1 saturated carbocycles. The van der Waals surface area contributed by atoms with E-state index in [4.69, 9.17) is 0 Å². The van der Waals surface area contributed by atoms with E-state index in [1.54, 1.807) is 0 Å². The summed E-state index contributed by atoms with van der Waals surface area (Å²) in [7, 11) is 0. The predicted molar refractivity (Wildman–Crippen MR) is 89.6 cm³/mol. The highest BCUT2D eigenvalue weighted by Gasteiger charge is 2.54. The van der Waals surface area contributed by atoms with Gasteiger partial charge in [-0.1, -0.05) is 63.4 Å². The van der Waals surface area contributed by atoms with Crippen LogP contribution >= 0.6 is 0 Å². The largest absolute Gasteiger partial charge is 0.342 e. The topological polar surface area (TPSA) is 49.4 Å². The van der Waals surface area contributed by atoms with E-state index in [0.717, 1.165) is 37.7 Å². The van der Waals surface area contributed by atoms with Crippen LogP contribution in [0.15, 0.2) is 30.3 Å². The zero-order valence-corrected chi connectivity index (χ0v) is 14.0. The van der Waals surface area contributed by atoms with Gasteiger partial charge in [-0.25, -0.2) is 0 Å². The molecule has 2 aliphatic rings. The summed E-state index contributed by atoms with van der Waals surface area (Å²) in [5.41, 5.74) is 0.460. The van der Waals surface area contributed by atoms with Gasteiger partial charge in [0.25, 0.3) is 0 Å². The van der Waals surface area contributed by atoms with Gasteiger partial charge in [-0.3, -0.25) is 9.59 Å². The van der Waals surface area contributed by atoms with Crippen molar-refractivity contribution >= 4 is 11.8 Å². The number of piperazine rings is 1. The third-order valence-corrected chi connectivity index (χ3v) is 5.59. The Balaban J connectivity index is 1.94. The SMILES string of the molecule is CCC(C)C1NC(=O)C2(CCCC2)N(Cc2ccccc2)C1=O. The van der Waals surface area contributed by atoms with E-state index >= 15 is 0 Å². The Morgan fingerprint density at radius 2 is 1.87 bits per heavy atom. The molecule has 4 nitrogen and oxygen atoms in total. The zero-order chi connectivity index (χ0) is 16.4. The van der Waals surface area contributed by atoms with Crippen LogP contribution < -0.4 is 5.32 Å². The van der Waals surface area contributed by atoms with E-state index in [9.17, 15) is 9.59 Å². The molecule has 1 heterocycles. The van der Waals surface area contributed by atoms with Gasteiger partial charge in [0, 0.05) is 6.54 Å². The molecule has 23 heavy (non-hydrogen) atoms. The fraction of sp³-hybridized carbons (Fsp3) is 0.579. The highest BCUT2D eigenvalue weighted by Crippen LogP contribution is 2.39. The number of hydrogen-bond acceptors (Lipinski definition) is 2. The molecule has 2 atom stereocenters. The van der Waals surface area contributed by atoms with Crippen molar-refractivity contribution in [3.05, 3.63) is 35.9 Å². The molecule has 3 rings (SSSR count). The number of nitrogens with one attached hydrogen (secondary N) is 1. The highest BCUT2D eigenvalue weighted by molar-refractivity contribution is 6.00. The van der Waals surface area contributed by atoms with Gasteiger partial charge in [0.15, 0.2) is 0 Å². The fourth-order valence-corrected chi connectivity index (χ4v) is 3.91. The minimum Gasteiger partial charge on any atom is -0.342 e. The Morgan fingerprint density at radius 1 is 1.22 bits per heavy atom. The summed E-state index contributed by atoms with van der Waals surface area (Å²) in [4.78, 5) is 27.9. The first kappa shape index (κ1) is 16.0. The lowest BCUT2D eigenvalue weighted by Crippen LogP contribution is -2.70. The number of rotatable bonds is 4. The van der Waals surface area contributed by atoms with Gasteiger partial charge in [0.2, 0.25) is 11.8 Å². The van der Waals surface area contributed by atoms with E-state index in [0.29, 0.717) is 6.54 Å². The van der Waals surface area contributed by atoms with Gasteiger partial charge in [-0.2, -0.15) is 0 Å². The zero-order valence-electron chi connectivity index (χ0n) is 14.0. The van der Waals surface area contributed by atoms with Gasteiger partial charge in [0.05, 0.1) is 0 Å². The Hall–Kier alpha value is -1.84. The second-order valence-corrected chi connectivity index (χ2v) is 6.99. The maximum Gasteiger partial charge on any atom is 0.246 e. The van der Waals surface area contributed by atoms with Crippen molar-refractivity contribution in [2.24, 2.45) is 5.92 Å². The van der Waals surface area contributed by atoms with Crippen molar-refractivity contribution in [1.82, 2.24) is 10.2 Å². The normalized spacial score (nSPS) is 24.8. The Bertz CT molecular complexity index is 578. The second kappa shape index (κ2) is 6.34. The quantitative estimate of drug-likeness (QED) is 0.929. The van der Waals surface area contributed by atoms with Crippen LogP contribution in [0.5, 0.6) is 0 Å². The molecule has 2 amide bonds. The molecule has 1 aliphatic heterocycles. The van der Waals surface area contributed by atoms with Crippen molar-refractivity contribution in [3.63, 3.8) is 0 Å². The lowest BCUT2D eigenvalue weighted by atomic mass is 9.85. The highest BCUT2D eigenvalue weighted by atomic mass is 16.2. The summed E-state index contributed by atoms with van der Waals surface area (Å²) in [6, 6.07) is 9.61. The van der Waals surface area contributed by atoms with Crippen LogP contribution in [-0.4, -0.2) is 28.3 Å². The Kier molecular flexibility index (Phi) is 4.42. The number of hydrogen-bond donors (Lipinski definition) is 1. The molecule has 124 valence electrons. The lowest BCUT2D eigenvalue weighted by molar-refractivity contribution is -0.159. The van der Waals surface area contributed by atoms with E-state index in [1.165, 1.54) is 0 Å². The minimum atomic E-state index is -0.628. The lowest BCUT2D eigenvalue weighted by Gasteiger charge is -2.47. The van der Waals surface area contributed by atoms with Gasteiger partial charge >= 0.3 is 0 Å². The van der Waals surface area contributed by atoms with Crippen LogP contribution in [0.25, 0.3) is 0 Å². The van der Waals surface area contributed by atoms with E-state index in [-0.39, 0.29) is 23.8 Å². The van der Waals surface area contributed by atoms with Crippen molar-refractivity contribution < 1.29 is 9.59 Å². The van der Waals surface area contributed by atoms with Crippen molar-refractivity contribution in [1.29, 1.82) is 0 Å². The van der Waals surface area contributed by atoms with Gasteiger partial charge in [-0.15, -0.1) is 0 Å². The average Bonchev–Trinajstić information content (AvgIpc) is 3.06. The molecule has 4 heteroatoms. The fourth-order valence-electron chi connectivity index (χ4n) is 3.91. The van der Waals surface area contributed by atoms with Gasteiger partial charge in [0.1, 0.15) is 11.6 Å². The van der Waals surface area contributed by atoms with E-state index < -0.39 is 5.54 Å². The van der Waals surface area contributed by atoms with Crippen LogP contribution in [0.3, 0.4) is 0 Å². The molecule has 1 N–H and O–H groups in total. The number of carbonyl (C=O) groups excluding carboxylic acids is 2. The molecule has 0 radical (unpaired) electrons. The van der Waals surface area contributed by atoms with Gasteiger partial charge in [-0.05, 0) is 24.3 Å². The molecule has 0 bridgehead atoms. The molecule has 2 fully saturated rings. The van der Waals surface area contributed by atoms with E-state index in [2.05, 4.69) is 12.2 Å². The third kappa shape index (κ3) is 2.75. The monoisotopic (exact) mass is 314 g/mol. The summed E-state index contributed by atoms with van der Waals surface area (Å²) in [6.07, 6.45) is 4.47. The predicted octanol–water partition coefficient (Wildman–Crippen LogP) is 2.87. The van der Waals surface area contributed by atoms with Crippen molar-refractivity contribution in [2.45, 2.75) is 64.1 Å². The number of benzene rings is 1. The van der Waals surface area contributed by atoms with Crippen molar-refractivity contribution in [2.75, 3.05) is 0 Å². The van der Waals surface area contributed by atoms with Crippen molar-refractivity contribution in [3.8, 4) is 0 Å². The summed E-state index contributed by atoms with van der Waals surface area (Å²) in [6.45, 7) is 4.63. The third-order valence-electron chi connectivity index (χ3n) is 5.59. The van der Waals surface area contributed by atoms with Crippen LogP contribution in [0, 0.1) is 5.92 Å². The molecule has 2 unspecified atom stereocenters. The molecule has 1 aliphatic carbocycles. The molecule has 1 saturated heterocycles. The van der Waals surface area contributed by atoms with Crippen LogP contribution in [-0.2, 0) is 16.1 Å². The summed E-state index contributed by atoms with van der Waals surface area (Å²) in [5, 5.41) is 3.04. The number of nitrogens with zero attached hydrogens (tertiary/aromatic N) is 1. The Morgan fingerprint density at radius 3 is 2.48 bits per heavy atom. The molecule has 1 aromatic carbocycles. The number of amides is 2. The number of carbonyl (C=O) groups is 2. The first-order valence-electron chi connectivity index (χ1n) is 8.75. The second-order valence-electron chi connectivity index (χ2n) is 6.99. The standard InChI is InChI=1S/C19H26N2O2/c1-3-14(2)16-17(22)21(13-15-9-5-4-6-10-15)19(18(23)20-16)11-7-8-12-19/h4-6,9-10,14,16H,3,7-8,11-13H2,1-2H3,(H,20,23). The summed E-state index contributed by atoms with van der Waals surface area (Å²) in [5.74, 6) is 0.295. The average molecular weight is 314 g/mol. The molecular formula is C19H26N2O2. The van der Waals surface area contributed by atoms with E-state index in [1.807, 2.05) is 42.2 Å².